The number of nitrogens with zero attached hydrogens (tertiary/aromatic N) is 1. The lowest BCUT2D eigenvalue weighted by Crippen LogP contribution is -2.02. The van der Waals surface area contributed by atoms with Crippen LogP contribution in [0.1, 0.15) is 18.2 Å². The average molecular weight is 188 g/mol. The minimum absolute atomic E-state index is 0.604. The number of aromatic nitrogens is 1. The Labute approximate surface area is 84.3 Å². The molecule has 14 heavy (non-hydrogen) atoms. The zero-order valence-corrected chi connectivity index (χ0v) is 8.75. The molecule has 1 heterocycles. The maximum atomic E-state index is 5.66. The van der Waals surface area contributed by atoms with Crippen molar-refractivity contribution in [1.82, 2.24) is 4.57 Å². The molecule has 1 aromatic heterocycles. The number of rotatable bonds is 2. The zero-order valence-electron chi connectivity index (χ0n) is 8.75. The van der Waals surface area contributed by atoms with E-state index >= 15 is 0 Å². The Morgan fingerprint density at radius 2 is 2.07 bits per heavy atom. The Hall–Kier alpha value is -1.28. The van der Waals surface area contributed by atoms with Gasteiger partial charge in [-0.15, -0.1) is 0 Å². The fourth-order valence-corrected chi connectivity index (χ4v) is 1.87. The van der Waals surface area contributed by atoms with E-state index in [-0.39, 0.29) is 0 Å². The van der Waals surface area contributed by atoms with E-state index in [1.54, 1.807) is 0 Å². The van der Waals surface area contributed by atoms with Crippen LogP contribution in [0.2, 0.25) is 0 Å². The van der Waals surface area contributed by atoms with Gasteiger partial charge in [0.25, 0.3) is 0 Å². The van der Waals surface area contributed by atoms with Crippen LogP contribution in [-0.4, -0.2) is 4.57 Å². The standard InChI is InChI=1S/C12H16N2/c1-3-9-4-5-12-10(6-9)7-11(8-13)14(12)2/h4-7H,3,8,13H2,1-2H3. The first-order valence-electron chi connectivity index (χ1n) is 5.03. The molecule has 74 valence electrons. The molecule has 2 heteroatoms. The van der Waals surface area contributed by atoms with Crippen LogP contribution >= 0.6 is 0 Å². The molecule has 0 atom stereocenters. The lowest BCUT2D eigenvalue weighted by atomic mass is 10.1. The molecule has 0 amide bonds. The summed E-state index contributed by atoms with van der Waals surface area (Å²) in [7, 11) is 2.07. The second-order valence-electron chi connectivity index (χ2n) is 3.65. The first kappa shape index (κ1) is 9.28. The highest BCUT2D eigenvalue weighted by Crippen LogP contribution is 2.20. The Kier molecular flexibility index (Phi) is 2.30. The van der Waals surface area contributed by atoms with Crippen molar-refractivity contribution in [1.29, 1.82) is 0 Å². The molecule has 0 aliphatic heterocycles. The molecule has 0 aliphatic rings. The summed E-state index contributed by atoms with van der Waals surface area (Å²) in [6, 6.07) is 8.78. The lowest BCUT2D eigenvalue weighted by Gasteiger charge is -2.01. The molecule has 0 saturated carbocycles. The van der Waals surface area contributed by atoms with Crippen molar-refractivity contribution < 1.29 is 0 Å². The summed E-state index contributed by atoms with van der Waals surface area (Å²) in [4.78, 5) is 0. The van der Waals surface area contributed by atoms with Crippen molar-refractivity contribution >= 4 is 10.9 Å². The van der Waals surface area contributed by atoms with Crippen molar-refractivity contribution in [2.75, 3.05) is 0 Å². The van der Waals surface area contributed by atoms with Gasteiger partial charge in [-0.25, -0.2) is 0 Å². The second kappa shape index (κ2) is 3.46. The fourth-order valence-electron chi connectivity index (χ4n) is 1.87. The molecule has 2 rings (SSSR count). The van der Waals surface area contributed by atoms with Crippen LogP contribution < -0.4 is 5.73 Å². The number of hydrogen-bond donors (Lipinski definition) is 1. The number of benzene rings is 1. The van der Waals surface area contributed by atoms with E-state index in [2.05, 4.69) is 42.8 Å². The average Bonchev–Trinajstić information content (AvgIpc) is 2.55. The molecule has 0 bridgehead atoms. The van der Waals surface area contributed by atoms with E-state index in [1.165, 1.54) is 22.2 Å². The van der Waals surface area contributed by atoms with Crippen LogP contribution in [0.5, 0.6) is 0 Å². The maximum absolute atomic E-state index is 5.66. The maximum Gasteiger partial charge on any atom is 0.0480 e. The molecule has 0 saturated heterocycles. The molecular formula is C12H16N2. The molecule has 2 aromatic rings. The highest BCUT2D eigenvalue weighted by atomic mass is 15.0. The number of nitrogens with two attached hydrogens (primary N) is 1. The monoisotopic (exact) mass is 188 g/mol. The van der Waals surface area contributed by atoms with Gasteiger partial charge in [0, 0.05) is 30.2 Å². The molecule has 0 fully saturated rings. The lowest BCUT2D eigenvalue weighted by molar-refractivity contribution is 0.849. The van der Waals surface area contributed by atoms with Gasteiger partial charge in [0.15, 0.2) is 0 Å². The number of fused-ring (bicyclic) bond motifs is 1. The predicted octanol–water partition coefficient (Wildman–Crippen LogP) is 2.20. The predicted molar refractivity (Wildman–Crippen MR) is 60.2 cm³/mol. The summed E-state index contributed by atoms with van der Waals surface area (Å²) in [6.45, 7) is 2.78. The quantitative estimate of drug-likeness (QED) is 0.769. The highest BCUT2D eigenvalue weighted by molar-refractivity contribution is 5.82. The smallest absolute Gasteiger partial charge is 0.0480 e. The number of hydrogen-bond acceptors (Lipinski definition) is 1. The van der Waals surface area contributed by atoms with Crippen LogP contribution in [0.4, 0.5) is 0 Å². The summed E-state index contributed by atoms with van der Waals surface area (Å²) in [5.74, 6) is 0. The molecule has 0 spiro atoms. The van der Waals surface area contributed by atoms with Gasteiger partial charge in [0.05, 0.1) is 0 Å². The van der Waals surface area contributed by atoms with Gasteiger partial charge in [-0.3, -0.25) is 0 Å². The summed E-state index contributed by atoms with van der Waals surface area (Å²) in [6.07, 6.45) is 1.09. The summed E-state index contributed by atoms with van der Waals surface area (Å²) in [5, 5.41) is 1.30. The molecule has 0 unspecified atom stereocenters. The Morgan fingerprint density at radius 3 is 2.71 bits per heavy atom. The molecular weight excluding hydrogens is 172 g/mol. The van der Waals surface area contributed by atoms with E-state index in [0.29, 0.717) is 6.54 Å². The van der Waals surface area contributed by atoms with Gasteiger partial charge in [-0.2, -0.15) is 0 Å². The molecule has 2 nitrogen and oxygen atoms in total. The Morgan fingerprint density at radius 1 is 1.29 bits per heavy atom. The van der Waals surface area contributed by atoms with E-state index < -0.39 is 0 Å². The van der Waals surface area contributed by atoms with Gasteiger partial charge in [0.1, 0.15) is 0 Å². The van der Waals surface area contributed by atoms with Crippen LogP contribution in [0.15, 0.2) is 24.3 Å². The second-order valence-corrected chi connectivity index (χ2v) is 3.65. The highest BCUT2D eigenvalue weighted by Gasteiger charge is 2.03. The minimum Gasteiger partial charge on any atom is -0.346 e. The summed E-state index contributed by atoms with van der Waals surface area (Å²) < 4.78 is 2.16. The van der Waals surface area contributed by atoms with E-state index in [1.807, 2.05) is 0 Å². The van der Waals surface area contributed by atoms with Gasteiger partial charge in [-0.05, 0) is 30.2 Å². The first-order chi connectivity index (χ1) is 6.76. The zero-order chi connectivity index (χ0) is 10.1. The van der Waals surface area contributed by atoms with Crippen LogP contribution in [0.25, 0.3) is 10.9 Å². The van der Waals surface area contributed by atoms with Crippen molar-refractivity contribution in [2.45, 2.75) is 19.9 Å². The van der Waals surface area contributed by atoms with Gasteiger partial charge >= 0.3 is 0 Å². The summed E-state index contributed by atoms with van der Waals surface area (Å²) in [5.41, 5.74) is 9.50. The minimum atomic E-state index is 0.604. The molecule has 0 aliphatic carbocycles. The van der Waals surface area contributed by atoms with Crippen molar-refractivity contribution in [3.8, 4) is 0 Å². The van der Waals surface area contributed by atoms with Crippen molar-refractivity contribution in [3.63, 3.8) is 0 Å². The third kappa shape index (κ3) is 1.32. The number of aryl methyl sites for hydroxylation is 2. The van der Waals surface area contributed by atoms with Crippen molar-refractivity contribution in [3.05, 3.63) is 35.5 Å². The molecule has 2 N–H and O–H groups in total. The first-order valence-corrected chi connectivity index (χ1v) is 5.03. The van der Waals surface area contributed by atoms with Crippen LogP contribution in [0.3, 0.4) is 0 Å². The van der Waals surface area contributed by atoms with E-state index in [9.17, 15) is 0 Å². The topological polar surface area (TPSA) is 30.9 Å². The van der Waals surface area contributed by atoms with Crippen LogP contribution in [-0.2, 0) is 20.0 Å². The molecule has 1 aromatic carbocycles. The Bertz CT molecular complexity index is 455. The SMILES string of the molecule is CCc1ccc2c(c1)cc(CN)n2C. The van der Waals surface area contributed by atoms with Crippen molar-refractivity contribution in [2.24, 2.45) is 12.8 Å². The third-order valence-electron chi connectivity index (χ3n) is 2.82. The fraction of sp³-hybridized carbons (Fsp3) is 0.333. The van der Waals surface area contributed by atoms with E-state index in [0.717, 1.165) is 6.42 Å². The normalized spacial score (nSPS) is 11.1. The van der Waals surface area contributed by atoms with Gasteiger partial charge in [-0.1, -0.05) is 13.0 Å². The van der Waals surface area contributed by atoms with Gasteiger partial charge < -0.3 is 10.3 Å². The van der Waals surface area contributed by atoms with Crippen LogP contribution in [0, 0.1) is 0 Å². The summed E-state index contributed by atoms with van der Waals surface area (Å²) >= 11 is 0. The third-order valence-corrected chi connectivity index (χ3v) is 2.82. The van der Waals surface area contributed by atoms with E-state index in [4.69, 9.17) is 5.73 Å². The van der Waals surface area contributed by atoms with Gasteiger partial charge in [0.2, 0.25) is 0 Å². The molecule has 0 radical (unpaired) electrons. The largest absolute Gasteiger partial charge is 0.346 e. The Balaban J connectivity index is 2.66.